The summed E-state index contributed by atoms with van der Waals surface area (Å²) in [4.78, 5) is 53.1. The average Bonchev–Trinajstić information content (AvgIpc) is 3.38. The second kappa shape index (κ2) is 16.7. The van der Waals surface area contributed by atoms with Crippen LogP contribution in [0.1, 0.15) is 93.9 Å². The van der Waals surface area contributed by atoms with E-state index in [2.05, 4.69) is 22.2 Å². The van der Waals surface area contributed by atoms with E-state index < -0.39 is 11.8 Å². The van der Waals surface area contributed by atoms with Crippen LogP contribution in [0.4, 0.5) is 10.5 Å². The number of hydrogen-bond donors (Lipinski definition) is 2. The zero-order valence-electron chi connectivity index (χ0n) is 28.0. The van der Waals surface area contributed by atoms with Crippen LogP contribution < -0.4 is 11.1 Å². The number of rotatable bonds is 15. The highest BCUT2D eigenvalue weighted by molar-refractivity contribution is 6.03. The van der Waals surface area contributed by atoms with Gasteiger partial charge in [0.15, 0.2) is 0 Å². The van der Waals surface area contributed by atoms with Crippen LogP contribution in [0.15, 0.2) is 52.4 Å². The summed E-state index contributed by atoms with van der Waals surface area (Å²) < 4.78 is 12.2. The Morgan fingerprint density at radius 1 is 1.06 bits per heavy atom. The number of amides is 2. The van der Waals surface area contributed by atoms with Crippen LogP contribution in [0.3, 0.4) is 0 Å². The van der Waals surface area contributed by atoms with Gasteiger partial charge in [-0.3, -0.25) is 14.6 Å². The molecule has 0 saturated carbocycles. The third-order valence-corrected chi connectivity index (χ3v) is 8.31. The number of carbonyl (C=O) groups is 3. The van der Waals surface area contributed by atoms with E-state index in [0.29, 0.717) is 42.8 Å². The Kier molecular flexibility index (Phi) is 12.5. The lowest BCUT2D eigenvalue weighted by Crippen LogP contribution is -2.50. The molecular formula is C35H47N7O5. The van der Waals surface area contributed by atoms with Gasteiger partial charge in [-0.15, -0.1) is 0 Å². The van der Waals surface area contributed by atoms with Crippen LogP contribution in [0, 0.1) is 0 Å². The molecule has 252 valence electrons. The third kappa shape index (κ3) is 9.40. The third-order valence-electron chi connectivity index (χ3n) is 8.31. The number of nitrogens with two attached hydrogens (primary N) is 1. The minimum absolute atomic E-state index is 0.0957. The summed E-state index contributed by atoms with van der Waals surface area (Å²) in [6.45, 7) is 7.10. The van der Waals surface area contributed by atoms with Crippen molar-refractivity contribution in [2.75, 3.05) is 25.1 Å². The first-order valence-corrected chi connectivity index (χ1v) is 16.5. The van der Waals surface area contributed by atoms with E-state index in [4.69, 9.17) is 20.2 Å². The molecule has 4 rings (SSSR count). The Hall–Kier alpha value is -4.74. The predicted molar refractivity (Wildman–Crippen MR) is 184 cm³/mol. The molecule has 3 N–H and O–H groups in total. The van der Waals surface area contributed by atoms with Crippen molar-refractivity contribution in [2.45, 2.75) is 84.3 Å². The van der Waals surface area contributed by atoms with E-state index in [-0.39, 0.29) is 30.7 Å². The van der Waals surface area contributed by atoms with Gasteiger partial charge in [0.1, 0.15) is 17.3 Å². The number of hydrogen-bond acceptors (Lipinski definition) is 8. The zero-order valence-corrected chi connectivity index (χ0v) is 28.0. The van der Waals surface area contributed by atoms with E-state index >= 15 is 0 Å². The number of aliphatic imine (C=N–C) groups is 2. The fourth-order valence-electron chi connectivity index (χ4n) is 5.58. The number of anilines is 1. The maximum Gasteiger partial charge on any atom is 0.435 e. The molecule has 1 aliphatic rings. The molecule has 1 atom stereocenters. The fourth-order valence-corrected chi connectivity index (χ4v) is 5.58. The van der Waals surface area contributed by atoms with Gasteiger partial charge in [-0.2, -0.15) is 4.99 Å². The number of aromatic nitrogens is 2. The summed E-state index contributed by atoms with van der Waals surface area (Å²) in [6, 6.07) is 12.8. The zero-order chi connectivity index (χ0) is 33.8. The van der Waals surface area contributed by atoms with Crippen molar-refractivity contribution in [3.63, 3.8) is 0 Å². The van der Waals surface area contributed by atoms with Crippen molar-refractivity contribution in [3.8, 4) is 0 Å². The van der Waals surface area contributed by atoms with Crippen molar-refractivity contribution >= 4 is 46.7 Å². The lowest BCUT2D eigenvalue weighted by Gasteiger charge is -2.40. The van der Waals surface area contributed by atoms with Gasteiger partial charge in [0.2, 0.25) is 0 Å². The van der Waals surface area contributed by atoms with Gasteiger partial charge >= 0.3 is 12.1 Å². The number of unbranched alkanes of at least 4 members (excludes halogenated alkanes) is 3. The minimum Gasteiger partial charge on any atom is -0.466 e. The lowest BCUT2D eigenvalue weighted by molar-refractivity contribution is -0.143. The molecule has 47 heavy (non-hydrogen) atoms. The smallest absolute Gasteiger partial charge is 0.435 e. The highest BCUT2D eigenvalue weighted by Gasteiger charge is 2.36. The van der Waals surface area contributed by atoms with Gasteiger partial charge in [0.25, 0.3) is 5.91 Å². The molecule has 2 amide bonds. The van der Waals surface area contributed by atoms with Gasteiger partial charge in [-0.05, 0) is 82.0 Å². The van der Waals surface area contributed by atoms with Crippen molar-refractivity contribution in [1.29, 1.82) is 0 Å². The van der Waals surface area contributed by atoms with Crippen molar-refractivity contribution in [2.24, 2.45) is 22.8 Å². The fraction of sp³-hybridized carbons (Fsp3) is 0.486. The molecule has 0 saturated heterocycles. The minimum atomic E-state index is -0.737. The Balaban J connectivity index is 1.42. The monoisotopic (exact) mass is 645 g/mol. The number of carbonyl (C=O) groups excluding carboxylic acids is 3. The van der Waals surface area contributed by atoms with Crippen molar-refractivity contribution < 1.29 is 23.9 Å². The first kappa shape index (κ1) is 35.1. The molecule has 1 unspecified atom stereocenters. The molecule has 1 aliphatic heterocycles. The van der Waals surface area contributed by atoms with Crippen molar-refractivity contribution in [3.05, 3.63) is 59.4 Å². The SMILES string of the molecule is CCCCCCOC(=O)N=C(N)c1ccc(NCc2nc3cc(C(=O)N(CCC(=O)OCC)C4(C)CCCC=N4)ccc3n2C)cc1. The molecule has 1 aromatic heterocycles. The lowest BCUT2D eigenvalue weighted by atomic mass is 9.98. The van der Waals surface area contributed by atoms with Crippen molar-refractivity contribution in [1.82, 2.24) is 14.5 Å². The number of imidazole rings is 1. The first-order valence-electron chi connectivity index (χ1n) is 16.5. The Morgan fingerprint density at radius 2 is 1.83 bits per heavy atom. The van der Waals surface area contributed by atoms with Gasteiger partial charge in [0, 0.05) is 36.6 Å². The van der Waals surface area contributed by atoms with Gasteiger partial charge in [0.05, 0.1) is 37.2 Å². The summed E-state index contributed by atoms with van der Waals surface area (Å²) in [5.41, 5.74) is 8.80. The molecule has 12 heteroatoms. The summed E-state index contributed by atoms with van der Waals surface area (Å²) in [5.74, 6) is 0.329. The second-order valence-corrected chi connectivity index (χ2v) is 11.8. The van der Waals surface area contributed by atoms with E-state index in [1.165, 1.54) is 0 Å². The number of nitrogens with zero attached hydrogens (tertiary/aromatic N) is 5. The van der Waals surface area contributed by atoms with Crippen LogP contribution >= 0.6 is 0 Å². The molecule has 2 aromatic carbocycles. The molecule has 0 bridgehead atoms. The number of aryl methyl sites for hydroxylation is 1. The summed E-state index contributed by atoms with van der Waals surface area (Å²) in [6.07, 6.45) is 7.81. The number of fused-ring (bicyclic) bond motifs is 1. The molecule has 12 nitrogen and oxygen atoms in total. The highest BCUT2D eigenvalue weighted by Crippen LogP contribution is 2.30. The van der Waals surface area contributed by atoms with Gasteiger partial charge < -0.3 is 30.0 Å². The van der Waals surface area contributed by atoms with E-state index in [1.807, 2.05) is 43.0 Å². The van der Waals surface area contributed by atoms with Gasteiger partial charge in [-0.1, -0.05) is 26.2 Å². The summed E-state index contributed by atoms with van der Waals surface area (Å²) in [5, 5.41) is 3.36. The Labute approximate surface area is 276 Å². The number of amidine groups is 1. The number of ether oxygens (including phenoxy) is 2. The molecule has 0 spiro atoms. The highest BCUT2D eigenvalue weighted by atomic mass is 16.5. The number of esters is 1. The maximum atomic E-state index is 13.9. The molecule has 0 aliphatic carbocycles. The van der Waals surface area contributed by atoms with Crippen LogP contribution in [-0.4, -0.2) is 69.9 Å². The topological polar surface area (TPSA) is 154 Å². The van der Waals surface area contributed by atoms with Crippen LogP contribution in [0.2, 0.25) is 0 Å². The predicted octanol–water partition coefficient (Wildman–Crippen LogP) is 5.97. The van der Waals surface area contributed by atoms with Crippen LogP contribution in [-0.2, 0) is 27.9 Å². The molecule has 2 heterocycles. The number of benzene rings is 2. The Bertz CT molecular complexity index is 1600. The van der Waals surface area contributed by atoms with E-state index in [9.17, 15) is 14.4 Å². The van der Waals surface area contributed by atoms with Crippen LogP contribution in [0.5, 0.6) is 0 Å². The second-order valence-electron chi connectivity index (χ2n) is 11.8. The summed E-state index contributed by atoms with van der Waals surface area (Å²) >= 11 is 0. The molecule has 3 aromatic rings. The maximum absolute atomic E-state index is 13.9. The average molecular weight is 646 g/mol. The standard InChI is InChI=1S/C35H47N7O5/c1-5-7-8-11-22-47-34(45)40-32(36)25-12-15-27(16-13-25)37-24-30-39-28-23-26(14-17-29(28)41(30)4)33(44)42(21-18-31(43)46-6-2)35(3)19-9-10-20-38-35/h12-17,20,23,37H,5-11,18-19,21-22,24H2,1-4H3,(H2,36,40,45). The summed E-state index contributed by atoms with van der Waals surface area (Å²) in [7, 11) is 1.93. The largest absolute Gasteiger partial charge is 0.466 e. The van der Waals surface area contributed by atoms with E-state index in [1.54, 1.807) is 36.1 Å². The van der Waals surface area contributed by atoms with Gasteiger partial charge in [-0.25, -0.2) is 9.78 Å². The first-order chi connectivity index (χ1) is 22.6. The molecule has 0 fully saturated rings. The Morgan fingerprint density at radius 3 is 2.53 bits per heavy atom. The van der Waals surface area contributed by atoms with Crippen LogP contribution in [0.25, 0.3) is 11.0 Å². The molecular weight excluding hydrogens is 598 g/mol. The number of nitrogens with one attached hydrogen (secondary N) is 1. The van der Waals surface area contributed by atoms with E-state index in [0.717, 1.165) is 55.6 Å². The quantitative estimate of drug-likeness (QED) is 0.0887. The normalized spacial score (nSPS) is 16.2. The molecule has 0 radical (unpaired) electrons.